The number of aromatic nitrogens is 4. The number of rotatable bonds is 2. The van der Waals surface area contributed by atoms with Crippen LogP contribution in [0.2, 0.25) is 0 Å². The number of benzene rings is 8. The van der Waals surface area contributed by atoms with Gasteiger partial charge in [-0.2, -0.15) is 0 Å². The Labute approximate surface area is 305 Å². The van der Waals surface area contributed by atoms with Crippen LogP contribution in [-0.2, 0) is 0 Å². The highest BCUT2D eigenvalue weighted by atomic mass is 32.1. The third kappa shape index (κ3) is 3.50. The molecule has 244 valence electrons. The van der Waals surface area contributed by atoms with Crippen molar-refractivity contribution in [1.82, 2.24) is 18.9 Å². The summed E-state index contributed by atoms with van der Waals surface area (Å²) < 4.78 is 7.50. The van der Waals surface area contributed by atoms with Gasteiger partial charge in [0, 0.05) is 58.1 Å². The second-order valence-corrected chi connectivity index (χ2v) is 15.2. The van der Waals surface area contributed by atoms with Gasteiger partial charge in [-0.3, -0.25) is 4.57 Å². The summed E-state index contributed by atoms with van der Waals surface area (Å²) in [4.78, 5) is 11.2. The lowest BCUT2D eigenvalue weighted by molar-refractivity contribution is 1.09. The van der Waals surface area contributed by atoms with Crippen molar-refractivity contribution in [1.29, 1.82) is 0 Å². The topological polar surface area (TPSA) is 35.1 Å². The zero-order chi connectivity index (χ0) is 34.4. The van der Waals surface area contributed by atoms with E-state index in [1.165, 1.54) is 74.6 Å². The van der Waals surface area contributed by atoms with Gasteiger partial charge in [0.1, 0.15) is 5.69 Å². The van der Waals surface area contributed by atoms with Gasteiger partial charge in [-0.05, 0) is 47.2 Å². The van der Waals surface area contributed by atoms with Gasteiger partial charge in [0.2, 0.25) is 0 Å². The fourth-order valence-electron chi connectivity index (χ4n) is 9.27. The lowest BCUT2D eigenvalue weighted by Gasteiger charge is -2.15. The van der Waals surface area contributed by atoms with E-state index in [-0.39, 0.29) is 0 Å². The Kier molecular flexibility index (Phi) is 5.22. The summed E-state index contributed by atoms with van der Waals surface area (Å²) in [6.45, 7) is 0. The van der Waals surface area contributed by atoms with Gasteiger partial charge < -0.3 is 4.40 Å². The Balaban J connectivity index is 1.36. The van der Waals surface area contributed by atoms with Gasteiger partial charge in [0.15, 0.2) is 5.82 Å². The van der Waals surface area contributed by atoms with E-state index in [1.54, 1.807) is 0 Å². The molecule has 5 heteroatoms. The highest BCUT2D eigenvalue weighted by Gasteiger charge is 2.27. The van der Waals surface area contributed by atoms with E-state index < -0.39 is 0 Å². The number of fused-ring (bicyclic) bond motifs is 12. The van der Waals surface area contributed by atoms with Crippen LogP contribution in [0, 0.1) is 0 Å². The Hall–Kier alpha value is -6.82. The largest absolute Gasteiger partial charge is 0.308 e. The third-order valence-corrected chi connectivity index (χ3v) is 12.5. The SMILES string of the molecule is c1ccc(-c2nc3ccc4ccccc4c3nc2-n2c3cccc4c3c3c(cc5sc6ccccc6c5c32)c2cccc3c5ccccc5n4c23)cc1. The molecule has 4 nitrogen and oxygen atoms in total. The number of para-hydroxylation sites is 2. The second-order valence-electron chi connectivity index (χ2n) is 14.1. The molecule has 0 amide bonds. The zero-order valence-electron chi connectivity index (χ0n) is 28.2. The molecule has 13 rings (SSSR count). The van der Waals surface area contributed by atoms with Crippen molar-refractivity contribution in [3.8, 4) is 17.1 Å². The molecule has 0 atom stereocenters. The van der Waals surface area contributed by atoms with Crippen LogP contribution in [0.15, 0.2) is 158 Å². The van der Waals surface area contributed by atoms with Crippen LogP contribution in [-0.4, -0.2) is 18.9 Å². The van der Waals surface area contributed by atoms with Crippen LogP contribution in [0.5, 0.6) is 0 Å². The summed E-state index contributed by atoms with van der Waals surface area (Å²) in [5.74, 6) is 0.835. The number of hydrogen-bond acceptors (Lipinski definition) is 3. The summed E-state index contributed by atoms with van der Waals surface area (Å²) in [7, 11) is 0. The number of hydrogen-bond donors (Lipinski definition) is 0. The normalized spacial score (nSPS) is 12.5. The fourth-order valence-corrected chi connectivity index (χ4v) is 10.4. The molecule has 0 aliphatic heterocycles. The standard InChI is InChI=1S/C48H26N4S/c1-2-13-28(14-3-1)44-48(50-45-29-15-5-4-12-27(29)24-25-35(45)49-44)52-38-22-11-21-37-43(38)42-34(26-40-41(47(42)52)33-17-7-9-23-39(33)53-40)32-19-10-18-31-30-16-6-8-20-36(30)51(37)46(31)32/h1-26H. The van der Waals surface area contributed by atoms with Crippen molar-refractivity contribution >= 4 is 113 Å². The molecular weight excluding hydrogens is 665 g/mol. The van der Waals surface area contributed by atoms with E-state index in [0.717, 1.165) is 44.4 Å². The zero-order valence-corrected chi connectivity index (χ0v) is 29.0. The first-order valence-corrected chi connectivity index (χ1v) is 18.8. The Morgan fingerprint density at radius 2 is 1.13 bits per heavy atom. The molecule has 0 unspecified atom stereocenters. The first-order valence-electron chi connectivity index (χ1n) is 18.0. The molecule has 0 radical (unpaired) electrons. The monoisotopic (exact) mass is 690 g/mol. The van der Waals surface area contributed by atoms with Crippen molar-refractivity contribution in [2.75, 3.05) is 0 Å². The predicted octanol–water partition coefficient (Wildman–Crippen LogP) is 13.1. The molecule has 53 heavy (non-hydrogen) atoms. The van der Waals surface area contributed by atoms with Crippen molar-refractivity contribution < 1.29 is 0 Å². The van der Waals surface area contributed by atoms with E-state index in [0.29, 0.717) is 0 Å². The van der Waals surface area contributed by atoms with E-state index in [2.05, 4.69) is 167 Å². The van der Waals surface area contributed by atoms with Gasteiger partial charge in [-0.1, -0.05) is 121 Å². The first-order chi connectivity index (χ1) is 26.3. The average molecular weight is 691 g/mol. The minimum atomic E-state index is 0.835. The van der Waals surface area contributed by atoms with E-state index in [9.17, 15) is 0 Å². The van der Waals surface area contributed by atoms with Gasteiger partial charge in [-0.25, -0.2) is 9.97 Å². The maximum atomic E-state index is 5.72. The van der Waals surface area contributed by atoms with Crippen LogP contribution in [0.25, 0.3) is 119 Å². The van der Waals surface area contributed by atoms with Gasteiger partial charge in [0.05, 0.1) is 38.6 Å². The molecule has 0 aliphatic rings. The Morgan fingerprint density at radius 1 is 0.434 bits per heavy atom. The van der Waals surface area contributed by atoms with Crippen molar-refractivity contribution in [3.63, 3.8) is 0 Å². The van der Waals surface area contributed by atoms with E-state index in [1.807, 2.05) is 11.3 Å². The van der Waals surface area contributed by atoms with E-state index in [4.69, 9.17) is 9.97 Å². The summed E-state index contributed by atoms with van der Waals surface area (Å²) in [6.07, 6.45) is 0. The minimum absolute atomic E-state index is 0.835. The molecule has 0 spiro atoms. The van der Waals surface area contributed by atoms with Crippen molar-refractivity contribution in [2.24, 2.45) is 0 Å². The molecular formula is C48H26N4S. The smallest absolute Gasteiger partial charge is 0.165 e. The van der Waals surface area contributed by atoms with Crippen LogP contribution < -0.4 is 0 Å². The molecule has 0 bridgehead atoms. The van der Waals surface area contributed by atoms with Crippen molar-refractivity contribution in [3.05, 3.63) is 158 Å². The first kappa shape index (κ1) is 27.8. The highest BCUT2D eigenvalue weighted by molar-refractivity contribution is 7.26. The summed E-state index contributed by atoms with van der Waals surface area (Å²) in [5.41, 5.74) is 9.64. The lowest BCUT2D eigenvalue weighted by atomic mass is 10.0. The quantitative estimate of drug-likeness (QED) is 0.169. The summed E-state index contributed by atoms with van der Waals surface area (Å²) in [6, 6.07) is 57.1. The Bertz CT molecular complexity index is 3680. The molecule has 0 N–H and O–H groups in total. The summed E-state index contributed by atoms with van der Waals surface area (Å²) in [5, 5.41) is 12.3. The predicted molar refractivity (Wildman–Crippen MR) is 224 cm³/mol. The van der Waals surface area contributed by atoms with Crippen LogP contribution in [0.1, 0.15) is 0 Å². The van der Waals surface area contributed by atoms with Crippen LogP contribution in [0.3, 0.4) is 0 Å². The molecule has 0 saturated heterocycles. The third-order valence-electron chi connectivity index (χ3n) is 11.4. The van der Waals surface area contributed by atoms with E-state index >= 15 is 0 Å². The average Bonchev–Trinajstić information content (AvgIpc) is 3.85. The van der Waals surface area contributed by atoms with Gasteiger partial charge >= 0.3 is 0 Å². The Morgan fingerprint density at radius 3 is 2.04 bits per heavy atom. The number of thiophene rings is 1. The molecule has 0 fully saturated rings. The maximum Gasteiger partial charge on any atom is 0.165 e. The summed E-state index contributed by atoms with van der Waals surface area (Å²) >= 11 is 1.87. The molecule has 0 aliphatic carbocycles. The minimum Gasteiger partial charge on any atom is -0.308 e. The fraction of sp³-hybridized carbons (Fsp3) is 0. The van der Waals surface area contributed by atoms with Crippen LogP contribution >= 0.6 is 11.3 Å². The molecule has 5 aromatic heterocycles. The van der Waals surface area contributed by atoms with Gasteiger partial charge in [0.25, 0.3) is 0 Å². The van der Waals surface area contributed by atoms with Crippen LogP contribution in [0.4, 0.5) is 0 Å². The lowest BCUT2D eigenvalue weighted by Crippen LogP contribution is -2.04. The highest BCUT2D eigenvalue weighted by Crippen LogP contribution is 2.50. The molecule has 13 aromatic rings. The second kappa shape index (κ2) is 9.94. The molecule has 8 aromatic carbocycles. The number of nitrogens with zero attached hydrogens (tertiary/aromatic N) is 4. The maximum absolute atomic E-state index is 5.72. The van der Waals surface area contributed by atoms with Crippen molar-refractivity contribution in [2.45, 2.75) is 0 Å². The molecule has 0 saturated carbocycles. The van der Waals surface area contributed by atoms with Gasteiger partial charge in [-0.15, -0.1) is 11.3 Å². The molecule has 5 heterocycles.